The lowest BCUT2D eigenvalue weighted by atomic mass is 10.0. The van der Waals surface area contributed by atoms with Crippen LogP contribution in [0.4, 0.5) is 0 Å². The van der Waals surface area contributed by atoms with Crippen molar-refractivity contribution >= 4 is 16.7 Å². The summed E-state index contributed by atoms with van der Waals surface area (Å²) in [5.74, 6) is 1.15. The van der Waals surface area contributed by atoms with Crippen LogP contribution in [0.1, 0.15) is 33.1 Å². The number of unbranched alkanes of at least 4 members (excludes halogenated alkanes) is 1. The van der Waals surface area contributed by atoms with Crippen LogP contribution in [-0.4, -0.2) is 60.6 Å². The minimum absolute atomic E-state index is 0. The van der Waals surface area contributed by atoms with E-state index in [2.05, 4.69) is 41.1 Å². The van der Waals surface area contributed by atoms with Gasteiger partial charge in [-0.3, -0.25) is 9.69 Å². The zero-order chi connectivity index (χ0) is 18.8. The van der Waals surface area contributed by atoms with Crippen molar-refractivity contribution in [2.75, 3.05) is 26.7 Å². The first kappa shape index (κ1) is 20.6. The molecule has 2 aromatic rings. The van der Waals surface area contributed by atoms with Crippen molar-refractivity contribution in [3.05, 3.63) is 42.5 Å². The van der Waals surface area contributed by atoms with Gasteiger partial charge in [0.2, 0.25) is 5.91 Å². The van der Waals surface area contributed by atoms with Crippen molar-refractivity contribution in [2.24, 2.45) is 5.73 Å². The quantitative estimate of drug-likeness (QED) is 0.778. The number of nitrogens with zero attached hydrogens (tertiary/aromatic N) is 2. The Labute approximate surface area is 168 Å². The van der Waals surface area contributed by atoms with E-state index in [1.165, 1.54) is 10.8 Å². The average molecular weight is 384 g/mol. The van der Waals surface area contributed by atoms with E-state index in [0.29, 0.717) is 13.1 Å². The highest BCUT2D eigenvalue weighted by molar-refractivity contribution is 5.84. The summed E-state index contributed by atoms with van der Waals surface area (Å²) < 4.78 is 6.26. The molecule has 0 saturated carbocycles. The molecule has 2 aromatic carbocycles. The van der Waals surface area contributed by atoms with Gasteiger partial charge in [0, 0.05) is 19.0 Å². The minimum atomic E-state index is -0.00720. The summed E-state index contributed by atoms with van der Waals surface area (Å²) >= 11 is 0. The monoisotopic (exact) mass is 383 g/mol. The van der Waals surface area contributed by atoms with Crippen LogP contribution >= 0.6 is 0 Å². The van der Waals surface area contributed by atoms with E-state index in [0.717, 1.165) is 38.0 Å². The van der Waals surface area contributed by atoms with Crippen molar-refractivity contribution in [1.82, 2.24) is 9.80 Å². The molecule has 3 atom stereocenters. The summed E-state index contributed by atoms with van der Waals surface area (Å²) in [6.07, 6.45) is 3.85. The van der Waals surface area contributed by atoms with Gasteiger partial charge in [0.05, 0.1) is 12.6 Å². The first-order valence-electron chi connectivity index (χ1n) is 10.0. The third-order valence-corrected chi connectivity index (χ3v) is 5.93. The summed E-state index contributed by atoms with van der Waals surface area (Å²) in [5, 5.41) is 2.40. The van der Waals surface area contributed by atoms with Crippen molar-refractivity contribution < 1.29 is 9.53 Å². The molecule has 0 radical (unpaired) electrons. The number of hydrogen-bond acceptors (Lipinski definition) is 4. The Morgan fingerprint density at radius 1 is 1.11 bits per heavy atom. The van der Waals surface area contributed by atoms with Crippen LogP contribution in [0.25, 0.3) is 10.8 Å². The fraction of sp³-hybridized carbons (Fsp3) is 0.522. The summed E-state index contributed by atoms with van der Waals surface area (Å²) in [6, 6.07) is 14.8. The van der Waals surface area contributed by atoms with E-state index in [9.17, 15) is 4.79 Å². The number of rotatable bonds is 6. The number of hydrogen-bond donors (Lipinski definition) is 1. The molecule has 5 heteroatoms. The second-order valence-electron chi connectivity index (χ2n) is 7.87. The number of amides is 1. The molecule has 152 valence electrons. The van der Waals surface area contributed by atoms with E-state index < -0.39 is 0 Å². The molecule has 2 saturated heterocycles. The molecular formula is C23H33N3O2. The molecule has 2 fully saturated rings. The van der Waals surface area contributed by atoms with Crippen LogP contribution in [0.3, 0.4) is 0 Å². The highest BCUT2D eigenvalue weighted by atomic mass is 16.5. The Bertz CT molecular complexity index is 809. The van der Waals surface area contributed by atoms with Gasteiger partial charge in [-0.05, 0) is 49.3 Å². The Balaban J connectivity index is 0.00000225. The third kappa shape index (κ3) is 4.15. The van der Waals surface area contributed by atoms with Crippen LogP contribution in [0, 0.1) is 0 Å². The summed E-state index contributed by atoms with van der Waals surface area (Å²) in [6.45, 7) is 2.31. The lowest BCUT2D eigenvalue weighted by Crippen LogP contribution is -2.58. The Morgan fingerprint density at radius 3 is 2.68 bits per heavy atom. The van der Waals surface area contributed by atoms with Gasteiger partial charge in [0.15, 0.2) is 0 Å². The molecule has 2 aliphatic rings. The van der Waals surface area contributed by atoms with E-state index in [1.807, 2.05) is 18.2 Å². The van der Waals surface area contributed by atoms with Gasteiger partial charge in [0.25, 0.3) is 0 Å². The molecule has 1 amide bonds. The van der Waals surface area contributed by atoms with E-state index in [1.54, 1.807) is 0 Å². The highest BCUT2D eigenvalue weighted by Gasteiger charge is 2.44. The molecule has 2 aliphatic heterocycles. The van der Waals surface area contributed by atoms with Gasteiger partial charge in [-0.1, -0.05) is 44.2 Å². The Kier molecular flexibility index (Phi) is 6.57. The SMILES string of the molecule is C.CN1C[C@@H]2C[C@H](Oc3ccc4ccccc4c3)CN2C(=O)[C@@H]1CCCCN. The average Bonchev–Trinajstić information content (AvgIpc) is 3.07. The molecule has 0 aromatic heterocycles. The zero-order valence-electron chi connectivity index (χ0n) is 16.0. The number of piperazine rings is 1. The second-order valence-corrected chi connectivity index (χ2v) is 7.87. The van der Waals surface area contributed by atoms with Gasteiger partial charge >= 0.3 is 0 Å². The topological polar surface area (TPSA) is 58.8 Å². The molecule has 2 N–H and O–H groups in total. The maximum atomic E-state index is 13.0. The third-order valence-electron chi connectivity index (χ3n) is 5.93. The van der Waals surface area contributed by atoms with Crippen LogP contribution in [0.2, 0.25) is 0 Å². The zero-order valence-corrected chi connectivity index (χ0v) is 16.0. The fourth-order valence-electron chi connectivity index (χ4n) is 4.50. The summed E-state index contributed by atoms with van der Waals surface area (Å²) in [4.78, 5) is 17.3. The molecule has 28 heavy (non-hydrogen) atoms. The number of fused-ring (bicyclic) bond motifs is 2. The van der Waals surface area contributed by atoms with Crippen molar-refractivity contribution in [3.63, 3.8) is 0 Å². The number of ether oxygens (including phenoxy) is 1. The van der Waals surface area contributed by atoms with E-state index in [-0.39, 0.29) is 31.5 Å². The van der Waals surface area contributed by atoms with Crippen LogP contribution in [0.5, 0.6) is 5.75 Å². The molecule has 0 bridgehead atoms. The number of carbonyl (C=O) groups is 1. The van der Waals surface area contributed by atoms with Gasteiger partial charge < -0.3 is 15.4 Å². The van der Waals surface area contributed by atoms with Crippen molar-refractivity contribution in [3.8, 4) is 5.75 Å². The minimum Gasteiger partial charge on any atom is -0.488 e. The predicted molar refractivity (Wildman–Crippen MR) is 115 cm³/mol. The van der Waals surface area contributed by atoms with Crippen LogP contribution in [-0.2, 0) is 4.79 Å². The van der Waals surface area contributed by atoms with Gasteiger partial charge in [-0.15, -0.1) is 0 Å². The first-order valence-corrected chi connectivity index (χ1v) is 10.0. The molecule has 2 heterocycles. The smallest absolute Gasteiger partial charge is 0.240 e. The number of benzene rings is 2. The number of likely N-dealkylation sites (N-methyl/N-ethyl adjacent to an activating group) is 1. The molecule has 0 unspecified atom stereocenters. The molecular weight excluding hydrogens is 350 g/mol. The maximum Gasteiger partial charge on any atom is 0.240 e. The first-order chi connectivity index (χ1) is 13.2. The van der Waals surface area contributed by atoms with Crippen LogP contribution in [0.15, 0.2) is 42.5 Å². The molecule has 5 nitrogen and oxygen atoms in total. The lowest BCUT2D eigenvalue weighted by molar-refractivity contribution is -0.143. The van der Waals surface area contributed by atoms with Crippen LogP contribution < -0.4 is 10.5 Å². The second kappa shape index (κ2) is 8.93. The number of nitrogens with two attached hydrogens (primary N) is 1. The molecule has 0 aliphatic carbocycles. The van der Waals surface area contributed by atoms with Crippen molar-refractivity contribution in [2.45, 2.75) is 51.3 Å². The fourth-order valence-corrected chi connectivity index (χ4v) is 4.50. The van der Waals surface area contributed by atoms with Gasteiger partial charge in [-0.2, -0.15) is 0 Å². The Morgan fingerprint density at radius 2 is 1.89 bits per heavy atom. The lowest BCUT2D eigenvalue weighted by Gasteiger charge is -2.40. The molecule has 0 spiro atoms. The summed E-state index contributed by atoms with van der Waals surface area (Å²) in [7, 11) is 2.07. The highest BCUT2D eigenvalue weighted by Crippen LogP contribution is 2.30. The molecule has 4 rings (SSSR count). The number of carbonyl (C=O) groups excluding carboxylic acids is 1. The van der Waals surface area contributed by atoms with Gasteiger partial charge in [-0.25, -0.2) is 0 Å². The summed E-state index contributed by atoms with van der Waals surface area (Å²) in [5.41, 5.74) is 5.60. The normalized spacial score (nSPS) is 24.9. The standard InChI is InChI=1S/C22H29N3O2.CH4/c1-24-14-18-13-20(15-25(18)22(26)21(24)8-4-5-11-23)27-19-10-9-16-6-2-3-7-17(16)12-19;/h2-3,6-7,9-10,12,18,20-21H,4-5,8,11,13-15,23H2,1H3;1H4/t18-,20-,21-;/m0./s1. The maximum absolute atomic E-state index is 13.0. The Hall–Kier alpha value is -2.11. The predicted octanol–water partition coefficient (Wildman–Crippen LogP) is 3.27. The van der Waals surface area contributed by atoms with Gasteiger partial charge in [0.1, 0.15) is 11.9 Å². The van der Waals surface area contributed by atoms with E-state index in [4.69, 9.17) is 10.5 Å². The largest absolute Gasteiger partial charge is 0.488 e. The van der Waals surface area contributed by atoms with Crippen molar-refractivity contribution in [1.29, 1.82) is 0 Å². The van der Waals surface area contributed by atoms with E-state index >= 15 is 0 Å².